The predicted octanol–water partition coefficient (Wildman–Crippen LogP) is -0.379. The molecular formula is C10H14N2O4. The number of nitrogens with zero attached hydrogens (tertiary/aromatic N) is 1. The molecule has 4 N–H and O–H groups in total. The Hall–Kier alpha value is -1.66. The number of esters is 1. The molecule has 0 aliphatic carbocycles. The molecule has 0 saturated heterocycles. The Morgan fingerprint density at radius 3 is 2.75 bits per heavy atom. The molecule has 0 fully saturated rings. The van der Waals surface area contributed by atoms with E-state index in [0.717, 1.165) is 0 Å². The minimum atomic E-state index is -1.62. The molecule has 0 spiro atoms. The van der Waals surface area contributed by atoms with Crippen LogP contribution in [-0.2, 0) is 9.53 Å². The van der Waals surface area contributed by atoms with Crippen molar-refractivity contribution in [2.75, 3.05) is 12.3 Å². The highest BCUT2D eigenvalue weighted by Crippen LogP contribution is 2.17. The highest BCUT2D eigenvalue weighted by atomic mass is 16.5. The second kappa shape index (κ2) is 5.43. The number of ether oxygens (including phenoxy) is 1. The monoisotopic (exact) mass is 226 g/mol. The minimum absolute atomic E-state index is 0.141. The highest BCUT2D eigenvalue weighted by molar-refractivity contribution is 5.75. The Morgan fingerprint density at radius 2 is 2.25 bits per heavy atom. The van der Waals surface area contributed by atoms with Crippen LogP contribution in [0.3, 0.4) is 0 Å². The fourth-order valence-corrected chi connectivity index (χ4v) is 1.13. The van der Waals surface area contributed by atoms with E-state index in [4.69, 9.17) is 5.73 Å². The molecule has 6 nitrogen and oxygen atoms in total. The lowest BCUT2D eigenvalue weighted by Crippen LogP contribution is -2.29. The maximum absolute atomic E-state index is 11.1. The molecule has 0 aliphatic rings. The van der Waals surface area contributed by atoms with E-state index in [9.17, 15) is 15.0 Å². The van der Waals surface area contributed by atoms with Crippen molar-refractivity contribution in [1.82, 2.24) is 4.98 Å². The molecular weight excluding hydrogens is 212 g/mol. The van der Waals surface area contributed by atoms with E-state index < -0.39 is 18.2 Å². The van der Waals surface area contributed by atoms with Crippen LogP contribution in [0.25, 0.3) is 0 Å². The van der Waals surface area contributed by atoms with Gasteiger partial charge in [-0.1, -0.05) is 6.07 Å². The van der Waals surface area contributed by atoms with Gasteiger partial charge >= 0.3 is 5.97 Å². The number of aliphatic hydroxyl groups excluding tert-OH is 2. The van der Waals surface area contributed by atoms with Crippen molar-refractivity contribution in [2.24, 2.45) is 0 Å². The number of nitrogen functional groups attached to an aromatic ring is 1. The van der Waals surface area contributed by atoms with Gasteiger partial charge < -0.3 is 20.7 Å². The van der Waals surface area contributed by atoms with Crippen LogP contribution in [0.1, 0.15) is 18.6 Å². The summed E-state index contributed by atoms with van der Waals surface area (Å²) in [5.41, 5.74) is 5.66. The average Bonchev–Trinajstić information content (AvgIpc) is 2.28. The zero-order valence-electron chi connectivity index (χ0n) is 8.83. The molecule has 2 atom stereocenters. The van der Waals surface area contributed by atoms with Crippen molar-refractivity contribution in [3.63, 3.8) is 0 Å². The third-order valence-electron chi connectivity index (χ3n) is 1.98. The topological polar surface area (TPSA) is 106 Å². The summed E-state index contributed by atoms with van der Waals surface area (Å²) in [6.45, 7) is 1.75. The second-order valence-electron chi connectivity index (χ2n) is 3.16. The summed E-state index contributed by atoms with van der Waals surface area (Å²) in [4.78, 5) is 14.9. The number of hydrogen-bond acceptors (Lipinski definition) is 6. The van der Waals surface area contributed by atoms with Gasteiger partial charge in [0.25, 0.3) is 0 Å². The smallest absolute Gasteiger partial charge is 0.338 e. The van der Waals surface area contributed by atoms with Gasteiger partial charge in [0.05, 0.1) is 6.61 Å². The summed E-state index contributed by atoms with van der Waals surface area (Å²) < 4.78 is 4.58. The van der Waals surface area contributed by atoms with Crippen molar-refractivity contribution in [3.05, 3.63) is 23.9 Å². The highest BCUT2D eigenvalue weighted by Gasteiger charge is 2.26. The average molecular weight is 226 g/mol. The lowest BCUT2D eigenvalue weighted by molar-refractivity contribution is -0.159. The SMILES string of the molecule is CCOC(=O)C(O)C(O)c1ccc(N)nc1. The molecule has 1 aromatic heterocycles. The standard InChI is InChI=1S/C10H14N2O4/c1-2-16-10(15)9(14)8(13)6-3-4-7(11)12-5-6/h3-5,8-9,13-14H,2H2,1H3,(H2,11,12). The van der Waals surface area contributed by atoms with E-state index in [2.05, 4.69) is 9.72 Å². The van der Waals surface area contributed by atoms with Crippen molar-refractivity contribution >= 4 is 11.8 Å². The largest absolute Gasteiger partial charge is 0.464 e. The van der Waals surface area contributed by atoms with Crippen molar-refractivity contribution in [3.8, 4) is 0 Å². The van der Waals surface area contributed by atoms with Crippen molar-refractivity contribution in [1.29, 1.82) is 0 Å². The molecule has 0 amide bonds. The molecule has 0 radical (unpaired) electrons. The summed E-state index contributed by atoms with van der Waals surface area (Å²) in [7, 11) is 0. The summed E-state index contributed by atoms with van der Waals surface area (Å²) in [6, 6.07) is 2.95. The number of aliphatic hydroxyl groups is 2. The first kappa shape index (κ1) is 12.4. The van der Waals surface area contributed by atoms with Crippen LogP contribution in [0.4, 0.5) is 5.82 Å². The van der Waals surface area contributed by atoms with E-state index in [0.29, 0.717) is 11.4 Å². The van der Waals surface area contributed by atoms with Crippen LogP contribution in [-0.4, -0.2) is 33.9 Å². The Balaban J connectivity index is 2.73. The van der Waals surface area contributed by atoms with Gasteiger partial charge in [-0.2, -0.15) is 0 Å². The summed E-state index contributed by atoms with van der Waals surface area (Å²) in [5, 5.41) is 19.1. The van der Waals surface area contributed by atoms with Gasteiger partial charge in [-0.25, -0.2) is 9.78 Å². The summed E-state index contributed by atoms with van der Waals surface area (Å²) >= 11 is 0. The third kappa shape index (κ3) is 2.91. The Labute approximate surface area is 92.7 Å². The number of hydrogen-bond donors (Lipinski definition) is 3. The van der Waals surface area contributed by atoms with Gasteiger partial charge in [0.15, 0.2) is 6.10 Å². The first-order valence-electron chi connectivity index (χ1n) is 4.80. The van der Waals surface area contributed by atoms with Crippen LogP contribution >= 0.6 is 0 Å². The number of carbonyl (C=O) groups is 1. The van der Waals surface area contributed by atoms with Crippen molar-refractivity contribution < 1.29 is 19.7 Å². The molecule has 2 unspecified atom stereocenters. The van der Waals surface area contributed by atoms with Crippen LogP contribution in [0, 0.1) is 0 Å². The summed E-state index contributed by atoms with van der Waals surface area (Å²) in [5.74, 6) is -0.576. The molecule has 0 bridgehead atoms. The van der Waals surface area contributed by atoms with Gasteiger partial charge in [-0.15, -0.1) is 0 Å². The van der Waals surface area contributed by atoms with Gasteiger partial charge in [0, 0.05) is 11.8 Å². The second-order valence-corrected chi connectivity index (χ2v) is 3.16. The molecule has 0 aromatic carbocycles. The number of nitrogens with two attached hydrogens (primary N) is 1. The molecule has 0 saturated carbocycles. The van der Waals surface area contributed by atoms with Crippen LogP contribution < -0.4 is 5.73 Å². The Bertz CT molecular complexity index is 352. The van der Waals surface area contributed by atoms with Crippen LogP contribution in [0.15, 0.2) is 18.3 Å². The third-order valence-corrected chi connectivity index (χ3v) is 1.98. The zero-order chi connectivity index (χ0) is 12.1. The number of aromatic nitrogens is 1. The van der Waals surface area contributed by atoms with Crippen molar-refractivity contribution in [2.45, 2.75) is 19.1 Å². The molecule has 0 aliphatic heterocycles. The lowest BCUT2D eigenvalue weighted by Gasteiger charge is -2.16. The molecule has 6 heteroatoms. The number of carbonyl (C=O) groups excluding carboxylic acids is 1. The molecule has 1 heterocycles. The Morgan fingerprint density at radius 1 is 1.56 bits per heavy atom. The predicted molar refractivity (Wildman–Crippen MR) is 56.2 cm³/mol. The maximum atomic E-state index is 11.1. The van der Waals surface area contributed by atoms with Crippen LogP contribution in [0.5, 0.6) is 0 Å². The summed E-state index contributed by atoms with van der Waals surface area (Å²) in [6.07, 6.45) is -1.69. The minimum Gasteiger partial charge on any atom is -0.464 e. The van der Waals surface area contributed by atoms with E-state index in [-0.39, 0.29) is 6.61 Å². The van der Waals surface area contributed by atoms with Crippen LogP contribution in [0.2, 0.25) is 0 Å². The maximum Gasteiger partial charge on any atom is 0.338 e. The normalized spacial score (nSPS) is 14.2. The first-order chi connectivity index (χ1) is 7.56. The van der Waals surface area contributed by atoms with E-state index in [1.54, 1.807) is 6.92 Å². The zero-order valence-corrected chi connectivity index (χ0v) is 8.83. The molecule has 1 rings (SSSR count). The fourth-order valence-electron chi connectivity index (χ4n) is 1.13. The van der Waals surface area contributed by atoms with E-state index in [1.807, 2.05) is 0 Å². The van der Waals surface area contributed by atoms with Gasteiger partial charge in [-0.05, 0) is 13.0 Å². The van der Waals surface area contributed by atoms with E-state index in [1.165, 1.54) is 18.3 Å². The van der Waals surface area contributed by atoms with Gasteiger partial charge in [0.1, 0.15) is 11.9 Å². The molecule has 16 heavy (non-hydrogen) atoms. The van der Waals surface area contributed by atoms with Gasteiger partial charge in [0.2, 0.25) is 0 Å². The number of anilines is 1. The fraction of sp³-hybridized carbons (Fsp3) is 0.400. The molecule has 88 valence electrons. The number of pyridine rings is 1. The Kier molecular flexibility index (Phi) is 4.21. The first-order valence-corrected chi connectivity index (χ1v) is 4.80. The lowest BCUT2D eigenvalue weighted by atomic mass is 10.1. The molecule has 1 aromatic rings. The van der Waals surface area contributed by atoms with E-state index >= 15 is 0 Å². The quantitative estimate of drug-likeness (QED) is 0.604. The van der Waals surface area contributed by atoms with Gasteiger partial charge in [-0.3, -0.25) is 0 Å². The number of rotatable bonds is 4.